The van der Waals surface area contributed by atoms with Crippen molar-refractivity contribution in [3.8, 4) is 0 Å². The van der Waals surface area contributed by atoms with Crippen LogP contribution in [0.3, 0.4) is 0 Å². The summed E-state index contributed by atoms with van der Waals surface area (Å²) in [5.41, 5.74) is 0.865. The first-order chi connectivity index (χ1) is 9.00. The summed E-state index contributed by atoms with van der Waals surface area (Å²) in [5, 5.41) is 4.98. The maximum absolute atomic E-state index is 12.8. The molecule has 1 saturated carbocycles. The Balaban J connectivity index is 2.33. The molecule has 1 fully saturated rings. The average molecular weight is 302 g/mol. The van der Waals surface area contributed by atoms with Crippen molar-refractivity contribution >= 4 is 21.4 Å². The van der Waals surface area contributed by atoms with Crippen LogP contribution in [0.2, 0.25) is 0 Å². The summed E-state index contributed by atoms with van der Waals surface area (Å²) in [4.78, 5) is 1.43. The Hall–Kier alpha value is -0.430. The van der Waals surface area contributed by atoms with Crippen LogP contribution in [-0.4, -0.2) is 32.9 Å². The molecule has 0 amide bonds. The number of hydrogen-bond donors (Lipinski definition) is 1. The molecule has 6 heteroatoms. The second-order valence-electron chi connectivity index (χ2n) is 5.10. The quantitative estimate of drug-likeness (QED) is 0.840. The number of rotatable bonds is 7. The highest BCUT2D eigenvalue weighted by Gasteiger charge is 2.33. The highest BCUT2D eigenvalue weighted by Crippen LogP contribution is 2.34. The van der Waals surface area contributed by atoms with Crippen molar-refractivity contribution in [2.75, 3.05) is 20.1 Å². The summed E-state index contributed by atoms with van der Waals surface area (Å²) in [6, 6.07) is 0. The molecule has 0 unspecified atom stereocenters. The van der Waals surface area contributed by atoms with Gasteiger partial charge in [-0.05, 0) is 43.7 Å². The second kappa shape index (κ2) is 5.91. The third-order valence-corrected chi connectivity index (χ3v) is 6.84. The molecule has 0 atom stereocenters. The van der Waals surface area contributed by atoms with Gasteiger partial charge in [0.05, 0.1) is 0 Å². The lowest BCUT2D eigenvalue weighted by Crippen LogP contribution is -2.33. The van der Waals surface area contributed by atoms with E-state index in [1.165, 1.54) is 11.3 Å². The van der Waals surface area contributed by atoms with Crippen molar-refractivity contribution in [1.29, 1.82) is 0 Å². The van der Waals surface area contributed by atoms with E-state index in [9.17, 15) is 8.42 Å². The fraction of sp³-hybridized carbons (Fsp3) is 0.692. The summed E-state index contributed by atoms with van der Waals surface area (Å²) < 4.78 is 27.3. The minimum Gasteiger partial charge on any atom is -0.315 e. The highest BCUT2D eigenvalue weighted by atomic mass is 32.2. The summed E-state index contributed by atoms with van der Waals surface area (Å²) in [6.07, 6.45) is 2.33. The predicted molar refractivity (Wildman–Crippen MR) is 79.0 cm³/mol. The summed E-state index contributed by atoms with van der Waals surface area (Å²) in [5.74, 6) is 0.571. The lowest BCUT2D eigenvalue weighted by Gasteiger charge is -2.21. The minimum absolute atomic E-state index is 0.523. The number of thiophene rings is 1. The van der Waals surface area contributed by atoms with Gasteiger partial charge in [-0.3, -0.25) is 0 Å². The van der Waals surface area contributed by atoms with Gasteiger partial charge in [0.1, 0.15) is 4.90 Å². The van der Waals surface area contributed by atoms with E-state index >= 15 is 0 Å². The van der Waals surface area contributed by atoms with E-state index < -0.39 is 10.0 Å². The van der Waals surface area contributed by atoms with E-state index in [1.54, 1.807) is 4.31 Å². The zero-order chi connectivity index (χ0) is 14.0. The summed E-state index contributed by atoms with van der Waals surface area (Å²) >= 11 is 1.52. The van der Waals surface area contributed by atoms with Crippen molar-refractivity contribution in [3.63, 3.8) is 0 Å². The Kier molecular flexibility index (Phi) is 4.66. The van der Waals surface area contributed by atoms with Crippen molar-refractivity contribution in [1.82, 2.24) is 9.62 Å². The smallest absolute Gasteiger partial charge is 0.244 e. The van der Waals surface area contributed by atoms with Crippen LogP contribution in [0.25, 0.3) is 0 Å². The van der Waals surface area contributed by atoms with Crippen molar-refractivity contribution in [2.24, 2.45) is 5.92 Å². The molecule has 108 valence electrons. The first-order valence-corrected chi connectivity index (χ1v) is 9.04. The molecule has 1 aliphatic rings. The molecule has 0 bridgehead atoms. The Morgan fingerprint density at radius 3 is 2.68 bits per heavy atom. The molecule has 19 heavy (non-hydrogen) atoms. The molecule has 1 aromatic rings. The number of nitrogens with one attached hydrogen (secondary N) is 1. The molecular formula is C13H22N2O2S2. The van der Waals surface area contributed by atoms with Gasteiger partial charge in [0.25, 0.3) is 0 Å². The molecule has 1 aromatic heterocycles. The minimum atomic E-state index is -3.34. The Bertz CT molecular complexity index is 533. The van der Waals surface area contributed by atoms with Gasteiger partial charge >= 0.3 is 0 Å². The Morgan fingerprint density at radius 2 is 2.16 bits per heavy atom. The molecule has 0 radical (unpaired) electrons. The first-order valence-electron chi connectivity index (χ1n) is 6.72. The van der Waals surface area contributed by atoms with Crippen molar-refractivity contribution in [3.05, 3.63) is 15.8 Å². The number of nitrogens with zero attached hydrogens (tertiary/aromatic N) is 1. The van der Waals surface area contributed by atoms with Gasteiger partial charge in [-0.15, -0.1) is 11.3 Å². The average Bonchev–Trinajstić information content (AvgIpc) is 3.10. The Morgan fingerprint density at radius 1 is 1.47 bits per heavy atom. The van der Waals surface area contributed by atoms with Crippen LogP contribution in [0.15, 0.2) is 10.3 Å². The number of hydrogen-bond acceptors (Lipinski definition) is 4. The van der Waals surface area contributed by atoms with E-state index in [2.05, 4.69) is 5.32 Å². The maximum atomic E-state index is 12.8. The van der Waals surface area contributed by atoms with Crippen LogP contribution in [-0.2, 0) is 16.6 Å². The molecule has 1 N–H and O–H groups in total. The van der Waals surface area contributed by atoms with Crippen LogP contribution >= 0.6 is 11.3 Å². The zero-order valence-electron chi connectivity index (χ0n) is 11.8. The van der Waals surface area contributed by atoms with E-state index in [4.69, 9.17) is 0 Å². The van der Waals surface area contributed by atoms with Crippen LogP contribution in [0.1, 0.15) is 30.2 Å². The number of sulfonamides is 1. The van der Waals surface area contributed by atoms with E-state index in [0.29, 0.717) is 30.4 Å². The van der Waals surface area contributed by atoms with Crippen LogP contribution < -0.4 is 5.32 Å². The molecule has 2 rings (SSSR count). The molecule has 1 heterocycles. The number of aryl methyl sites for hydroxylation is 1. The van der Waals surface area contributed by atoms with E-state index in [0.717, 1.165) is 23.3 Å². The molecule has 0 aliphatic heterocycles. The zero-order valence-corrected chi connectivity index (χ0v) is 13.4. The molecule has 4 nitrogen and oxygen atoms in total. The largest absolute Gasteiger partial charge is 0.315 e. The molecule has 0 saturated heterocycles. The second-order valence-corrected chi connectivity index (χ2v) is 7.94. The predicted octanol–water partition coefficient (Wildman–Crippen LogP) is 2.20. The fourth-order valence-corrected chi connectivity index (χ4v) is 5.53. The SMILES string of the molecule is CCN(CC1CC1)S(=O)(=O)c1c(C)csc1CNC. The van der Waals surface area contributed by atoms with Gasteiger partial charge in [-0.1, -0.05) is 6.92 Å². The van der Waals surface area contributed by atoms with Gasteiger partial charge in [-0.25, -0.2) is 8.42 Å². The van der Waals surface area contributed by atoms with Gasteiger partial charge in [-0.2, -0.15) is 4.31 Å². The molecule has 1 aliphatic carbocycles. The molecule has 0 spiro atoms. The molecule has 0 aromatic carbocycles. The van der Waals surface area contributed by atoms with Crippen molar-refractivity contribution < 1.29 is 8.42 Å². The van der Waals surface area contributed by atoms with Crippen LogP contribution in [0.5, 0.6) is 0 Å². The molecular weight excluding hydrogens is 280 g/mol. The first kappa shape index (κ1) is 15.0. The van der Waals surface area contributed by atoms with E-state index in [-0.39, 0.29) is 0 Å². The highest BCUT2D eigenvalue weighted by molar-refractivity contribution is 7.89. The third-order valence-electron chi connectivity index (χ3n) is 3.44. The normalized spacial score (nSPS) is 16.2. The van der Waals surface area contributed by atoms with E-state index in [1.807, 2.05) is 26.3 Å². The lowest BCUT2D eigenvalue weighted by molar-refractivity contribution is 0.411. The standard InChI is InChI=1S/C13H22N2O2S2/c1-4-15(8-11-5-6-11)19(16,17)13-10(2)9-18-12(13)7-14-3/h9,11,14H,4-8H2,1-3H3. The van der Waals surface area contributed by atoms with Crippen molar-refractivity contribution in [2.45, 2.75) is 38.1 Å². The third kappa shape index (κ3) is 3.18. The van der Waals surface area contributed by atoms with Gasteiger partial charge in [0.15, 0.2) is 0 Å². The fourth-order valence-electron chi connectivity index (χ4n) is 2.23. The Labute approximate surface area is 119 Å². The monoisotopic (exact) mass is 302 g/mol. The summed E-state index contributed by atoms with van der Waals surface area (Å²) in [7, 11) is -1.50. The van der Waals surface area contributed by atoms with Gasteiger partial charge < -0.3 is 5.32 Å². The lowest BCUT2D eigenvalue weighted by atomic mass is 10.3. The topological polar surface area (TPSA) is 49.4 Å². The maximum Gasteiger partial charge on any atom is 0.244 e. The summed E-state index contributed by atoms with van der Waals surface area (Å²) in [6.45, 7) is 5.63. The van der Waals surface area contributed by atoms with Crippen LogP contribution in [0.4, 0.5) is 0 Å². The van der Waals surface area contributed by atoms with Crippen LogP contribution in [0, 0.1) is 12.8 Å². The van der Waals surface area contributed by atoms with Gasteiger partial charge in [0, 0.05) is 24.5 Å². The van der Waals surface area contributed by atoms with Gasteiger partial charge in [0.2, 0.25) is 10.0 Å².